The van der Waals surface area contributed by atoms with Crippen molar-refractivity contribution in [1.82, 2.24) is 15.2 Å². The number of aromatic amines is 1. The Balaban J connectivity index is 1.97. The number of benzene rings is 3. The van der Waals surface area contributed by atoms with Crippen LogP contribution in [0.2, 0.25) is 0 Å². The molecule has 0 unspecified atom stereocenters. The molecule has 0 saturated carbocycles. The summed E-state index contributed by atoms with van der Waals surface area (Å²) in [5.74, 6) is -1.53. The number of hydrogen-bond acceptors (Lipinski definition) is 5. The lowest BCUT2D eigenvalue weighted by atomic mass is 9.97. The Morgan fingerprint density at radius 3 is 2.29 bits per heavy atom. The first-order valence-electron chi connectivity index (χ1n) is 10.8. The average Bonchev–Trinajstić information content (AvgIpc) is 3.29. The van der Waals surface area contributed by atoms with E-state index < -0.39 is 26.9 Å². The van der Waals surface area contributed by atoms with Gasteiger partial charge in [0.25, 0.3) is 0 Å². The van der Waals surface area contributed by atoms with Crippen LogP contribution in [0.25, 0.3) is 44.2 Å². The summed E-state index contributed by atoms with van der Waals surface area (Å²) >= 11 is 0. The summed E-state index contributed by atoms with van der Waals surface area (Å²) in [5, 5.41) is 16.8. The van der Waals surface area contributed by atoms with E-state index in [9.17, 15) is 22.7 Å². The van der Waals surface area contributed by atoms with Crippen molar-refractivity contribution in [3.05, 3.63) is 78.2 Å². The Morgan fingerprint density at radius 1 is 1.00 bits per heavy atom. The number of carboxylic acids is 1. The molecule has 2 N–H and O–H groups in total. The molecule has 0 aliphatic heterocycles. The lowest BCUT2D eigenvalue weighted by molar-refractivity contribution is 0.0697. The SMILES string of the molecule is CC(C)S(=O)(=O)c1c(-c2ccc(C(=O)O)cc2)nc2cc3[nH]ncc3cc2c1-c1ccc(F)cc1. The van der Waals surface area contributed by atoms with Crippen LogP contribution in [0.4, 0.5) is 4.39 Å². The van der Waals surface area contributed by atoms with E-state index in [1.54, 1.807) is 50.4 Å². The van der Waals surface area contributed by atoms with Crippen LogP contribution >= 0.6 is 0 Å². The highest BCUT2D eigenvalue weighted by molar-refractivity contribution is 7.92. The average molecular weight is 490 g/mol. The summed E-state index contributed by atoms with van der Waals surface area (Å²) < 4.78 is 41.4. The first-order valence-corrected chi connectivity index (χ1v) is 12.4. The molecule has 0 bridgehead atoms. The number of hydrogen-bond donors (Lipinski definition) is 2. The van der Waals surface area contributed by atoms with Crippen LogP contribution in [0.3, 0.4) is 0 Å². The first-order chi connectivity index (χ1) is 16.7. The third kappa shape index (κ3) is 3.83. The fourth-order valence-corrected chi connectivity index (χ4v) is 5.48. The third-order valence-electron chi connectivity index (χ3n) is 5.94. The molecule has 0 aliphatic rings. The van der Waals surface area contributed by atoms with E-state index >= 15 is 0 Å². The van der Waals surface area contributed by atoms with Crippen LogP contribution in [0.5, 0.6) is 0 Å². The van der Waals surface area contributed by atoms with E-state index in [1.165, 1.54) is 24.3 Å². The van der Waals surface area contributed by atoms with Gasteiger partial charge in [0.1, 0.15) is 10.7 Å². The molecular formula is C26H20FN3O4S. The van der Waals surface area contributed by atoms with Crippen molar-refractivity contribution in [1.29, 1.82) is 0 Å². The molecule has 0 radical (unpaired) electrons. The molecule has 5 rings (SSSR count). The lowest BCUT2D eigenvalue weighted by Crippen LogP contribution is -2.17. The first kappa shape index (κ1) is 22.7. The monoisotopic (exact) mass is 489 g/mol. The normalized spacial score (nSPS) is 12.0. The van der Waals surface area contributed by atoms with E-state index in [-0.39, 0.29) is 16.2 Å². The summed E-state index contributed by atoms with van der Waals surface area (Å²) in [5.41, 5.74) is 2.88. The molecule has 7 nitrogen and oxygen atoms in total. The molecule has 2 heterocycles. The minimum atomic E-state index is -3.90. The van der Waals surface area contributed by atoms with Crippen molar-refractivity contribution >= 4 is 37.6 Å². The van der Waals surface area contributed by atoms with Crippen LogP contribution in [-0.2, 0) is 9.84 Å². The number of carboxylic acid groups (broad SMARTS) is 1. The molecule has 3 aromatic carbocycles. The molecule has 176 valence electrons. The second-order valence-electron chi connectivity index (χ2n) is 8.47. The van der Waals surface area contributed by atoms with Crippen molar-refractivity contribution in [2.75, 3.05) is 0 Å². The van der Waals surface area contributed by atoms with Crippen molar-refractivity contribution < 1.29 is 22.7 Å². The molecule has 0 spiro atoms. The molecule has 35 heavy (non-hydrogen) atoms. The van der Waals surface area contributed by atoms with Gasteiger partial charge in [-0.15, -0.1) is 0 Å². The van der Waals surface area contributed by atoms with E-state index in [4.69, 9.17) is 4.98 Å². The number of rotatable bonds is 5. The summed E-state index contributed by atoms with van der Waals surface area (Å²) in [6, 6.07) is 15.1. The summed E-state index contributed by atoms with van der Waals surface area (Å²) in [4.78, 5) is 16.1. The van der Waals surface area contributed by atoms with Crippen molar-refractivity contribution in [3.8, 4) is 22.4 Å². The molecule has 0 saturated heterocycles. The van der Waals surface area contributed by atoms with Gasteiger partial charge in [0.05, 0.1) is 33.7 Å². The van der Waals surface area contributed by atoms with E-state index in [2.05, 4.69) is 10.2 Å². The zero-order valence-electron chi connectivity index (χ0n) is 18.8. The van der Waals surface area contributed by atoms with Gasteiger partial charge in [0.15, 0.2) is 9.84 Å². The number of aromatic nitrogens is 3. The molecule has 5 aromatic rings. The Kier molecular flexibility index (Phi) is 5.36. The van der Waals surface area contributed by atoms with Crippen LogP contribution in [0.15, 0.2) is 71.8 Å². The van der Waals surface area contributed by atoms with Crippen LogP contribution < -0.4 is 0 Å². The highest BCUT2D eigenvalue weighted by atomic mass is 32.2. The van der Waals surface area contributed by atoms with Gasteiger partial charge in [0.2, 0.25) is 0 Å². The predicted octanol–water partition coefficient (Wildman–Crippen LogP) is 5.46. The fourth-order valence-electron chi connectivity index (χ4n) is 4.07. The van der Waals surface area contributed by atoms with E-state index in [1.807, 2.05) is 6.07 Å². The standard InChI is InChI=1S/C26H20FN3O4S/c1-14(2)35(33,34)25-23(15-7-9-19(27)10-8-15)20-11-18-13-28-30-21(18)12-22(20)29-24(25)16-3-5-17(6-4-16)26(31)32/h3-14H,1-2H3,(H,28,30)(H,31,32). The fraction of sp³-hybridized carbons (Fsp3) is 0.115. The van der Waals surface area contributed by atoms with Crippen molar-refractivity contribution in [2.45, 2.75) is 24.0 Å². The van der Waals surface area contributed by atoms with Gasteiger partial charge in [-0.1, -0.05) is 24.3 Å². The Morgan fingerprint density at radius 2 is 1.66 bits per heavy atom. The highest BCUT2D eigenvalue weighted by Crippen LogP contribution is 2.42. The highest BCUT2D eigenvalue weighted by Gasteiger charge is 2.30. The molecule has 0 atom stereocenters. The summed E-state index contributed by atoms with van der Waals surface area (Å²) in [7, 11) is -3.90. The zero-order chi connectivity index (χ0) is 24.9. The van der Waals surface area contributed by atoms with Crippen molar-refractivity contribution in [2.24, 2.45) is 0 Å². The summed E-state index contributed by atoms with van der Waals surface area (Å²) in [6.45, 7) is 3.18. The third-order valence-corrected chi connectivity index (χ3v) is 8.15. The Bertz CT molecular complexity index is 1710. The lowest BCUT2D eigenvalue weighted by Gasteiger charge is -2.20. The number of halogens is 1. The zero-order valence-corrected chi connectivity index (χ0v) is 19.6. The number of aromatic carboxylic acids is 1. The van der Waals surface area contributed by atoms with Gasteiger partial charge < -0.3 is 5.11 Å². The smallest absolute Gasteiger partial charge is 0.335 e. The van der Waals surface area contributed by atoms with Gasteiger partial charge in [0, 0.05) is 21.9 Å². The number of nitrogens with zero attached hydrogens (tertiary/aromatic N) is 2. The number of nitrogens with one attached hydrogen (secondary N) is 1. The topological polar surface area (TPSA) is 113 Å². The van der Waals surface area contributed by atoms with Crippen molar-refractivity contribution in [3.63, 3.8) is 0 Å². The largest absolute Gasteiger partial charge is 0.478 e. The second kappa shape index (κ2) is 8.28. The molecule has 0 amide bonds. The molecular weight excluding hydrogens is 469 g/mol. The number of carbonyl (C=O) groups is 1. The van der Waals surface area contributed by atoms with Gasteiger partial charge in [-0.3, -0.25) is 5.10 Å². The Hall–Kier alpha value is -4.11. The van der Waals surface area contributed by atoms with Crippen LogP contribution in [0, 0.1) is 5.82 Å². The van der Waals surface area contributed by atoms with Gasteiger partial charge >= 0.3 is 5.97 Å². The number of fused-ring (bicyclic) bond motifs is 2. The number of H-pyrrole nitrogens is 1. The maximum atomic E-state index is 13.8. The minimum Gasteiger partial charge on any atom is -0.478 e. The number of sulfone groups is 1. The molecule has 0 aliphatic carbocycles. The van der Waals surface area contributed by atoms with Crippen LogP contribution in [0.1, 0.15) is 24.2 Å². The van der Waals surface area contributed by atoms with Gasteiger partial charge in [-0.05, 0) is 55.8 Å². The number of pyridine rings is 1. The maximum Gasteiger partial charge on any atom is 0.335 e. The Labute approximate surface area is 200 Å². The quantitative estimate of drug-likeness (QED) is 0.339. The van der Waals surface area contributed by atoms with Crippen LogP contribution in [-0.4, -0.2) is 39.9 Å². The van der Waals surface area contributed by atoms with E-state index in [0.29, 0.717) is 27.6 Å². The van der Waals surface area contributed by atoms with Gasteiger partial charge in [-0.25, -0.2) is 22.6 Å². The summed E-state index contributed by atoms with van der Waals surface area (Å²) in [6.07, 6.45) is 1.64. The molecule has 0 fully saturated rings. The molecule has 9 heteroatoms. The maximum absolute atomic E-state index is 13.8. The minimum absolute atomic E-state index is 0.0116. The van der Waals surface area contributed by atoms with Gasteiger partial charge in [-0.2, -0.15) is 5.10 Å². The second-order valence-corrected chi connectivity index (χ2v) is 10.9. The van der Waals surface area contributed by atoms with E-state index in [0.717, 1.165) is 10.9 Å². The predicted molar refractivity (Wildman–Crippen MR) is 132 cm³/mol. The molecule has 2 aromatic heterocycles.